The highest BCUT2D eigenvalue weighted by atomic mass is 32.1. The molecule has 138 valence electrons. The Balaban J connectivity index is 1.40. The fourth-order valence-corrected chi connectivity index (χ4v) is 4.30. The molecular formula is C20H20N4O2S. The summed E-state index contributed by atoms with van der Waals surface area (Å²) in [6.07, 6.45) is 2.68. The van der Waals surface area contributed by atoms with E-state index in [0.29, 0.717) is 30.6 Å². The Hall–Kier alpha value is -2.93. The van der Waals surface area contributed by atoms with Crippen LogP contribution in [-0.2, 0) is 17.6 Å². The molecule has 3 heterocycles. The van der Waals surface area contributed by atoms with Crippen molar-refractivity contribution in [3.63, 3.8) is 0 Å². The smallest absolute Gasteiger partial charge is 0.259 e. The molecule has 0 bridgehead atoms. The van der Waals surface area contributed by atoms with Gasteiger partial charge in [0.2, 0.25) is 5.91 Å². The number of para-hydroxylation sites is 1. The van der Waals surface area contributed by atoms with Gasteiger partial charge in [0.25, 0.3) is 5.56 Å². The van der Waals surface area contributed by atoms with Gasteiger partial charge >= 0.3 is 0 Å². The Morgan fingerprint density at radius 1 is 1.26 bits per heavy atom. The number of aromatic amines is 2. The monoisotopic (exact) mass is 380 g/mol. The van der Waals surface area contributed by atoms with Crippen LogP contribution in [0, 0.1) is 13.8 Å². The normalized spacial score (nSPS) is 11.3. The molecular weight excluding hydrogens is 360 g/mol. The van der Waals surface area contributed by atoms with Crippen molar-refractivity contribution >= 4 is 38.4 Å². The summed E-state index contributed by atoms with van der Waals surface area (Å²) in [7, 11) is 0. The van der Waals surface area contributed by atoms with Crippen LogP contribution < -0.4 is 10.9 Å². The van der Waals surface area contributed by atoms with Gasteiger partial charge in [-0.05, 0) is 31.0 Å². The number of thiophene rings is 1. The van der Waals surface area contributed by atoms with Crippen LogP contribution in [0.5, 0.6) is 0 Å². The van der Waals surface area contributed by atoms with Crippen molar-refractivity contribution in [2.24, 2.45) is 0 Å². The zero-order valence-electron chi connectivity index (χ0n) is 15.2. The standard InChI is InChI=1S/C20H20N4O2S/c1-11-12(2)27-20-18(11)19(26)23-16(24-20)7-8-21-17(25)9-13-10-22-15-6-4-3-5-14(13)15/h3-6,10,22H,7-9H2,1-2H3,(H,21,25)(H,23,24,26). The molecule has 27 heavy (non-hydrogen) atoms. The summed E-state index contributed by atoms with van der Waals surface area (Å²) in [5.41, 5.74) is 2.88. The van der Waals surface area contributed by atoms with Crippen LogP contribution in [0.15, 0.2) is 35.3 Å². The Kier molecular flexibility index (Phi) is 4.53. The Morgan fingerprint density at radius 3 is 2.93 bits per heavy atom. The summed E-state index contributed by atoms with van der Waals surface area (Å²) in [5, 5.41) is 4.64. The van der Waals surface area contributed by atoms with E-state index >= 15 is 0 Å². The van der Waals surface area contributed by atoms with Crippen LogP contribution in [0.1, 0.15) is 21.8 Å². The number of carbonyl (C=O) groups is 1. The van der Waals surface area contributed by atoms with Gasteiger partial charge in [-0.3, -0.25) is 9.59 Å². The van der Waals surface area contributed by atoms with Crippen molar-refractivity contribution in [3.8, 4) is 0 Å². The molecule has 0 aliphatic rings. The third-order valence-electron chi connectivity index (χ3n) is 4.80. The largest absolute Gasteiger partial charge is 0.361 e. The average molecular weight is 380 g/mol. The number of aryl methyl sites for hydroxylation is 2. The van der Waals surface area contributed by atoms with Crippen LogP contribution in [0.25, 0.3) is 21.1 Å². The molecule has 6 nitrogen and oxygen atoms in total. The molecule has 0 aliphatic carbocycles. The van der Waals surface area contributed by atoms with Crippen molar-refractivity contribution in [1.29, 1.82) is 0 Å². The molecule has 3 N–H and O–H groups in total. The molecule has 0 atom stereocenters. The third kappa shape index (κ3) is 3.38. The maximum absolute atomic E-state index is 12.3. The van der Waals surface area contributed by atoms with Gasteiger partial charge < -0.3 is 15.3 Å². The number of amides is 1. The summed E-state index contributed by atoms with van der Waals surface area (Å²) in [6.45, 7) is 4.36. The molecule has 0 fully saturated rings. The van der Waals surface area contributed by atoms with Gasteiger partial charge in [-0.25, -0.2) is 4.98 Å². The van der Waals surface area contributed by atoms with Crippen LogP contribution in [-0.4, -0.2) is 27.4 Å². The van der Waals surface area contributed by atoms with Gasteiger partial charge in [0.1, 0.15) is 10.7 Å². The van der Waals surface area contributed by atoms with E-state index in [1.165, 1.54) is 11.3 Å². The molecule has 0 saturated heterocycles. The van der Waals surface area contributed by atoms with Crippen LogP contribution in [0.2, 0.25) is 0 Å². The van der Waals surface area contributed by atoms with Gasteiger partial charge in [0, 0.05) is 34.9 Å². The number of hydrogen-bond acceptors (Lipinski definition) is 4. The SMILES string of the molecule is Cc1sc2nc(CCNC(=O)Cc3c[nH]c4ccccc34)[nH]c(=O)c2c1C. The van der Waals surface area contributed by atoms with Crippen molar-refractivity contribution in [3.05, 3.63) is 62.6 Å². The number of nitrogens with zero attached hydrogens (tertiary/aromatic N) is 1. The lowest BCUT2D eigenvalue weighted by molar-refractivity contribution is -0.120. The van der Waals surface area contributed by atoms with E-state index in [1.54, 1.807) is 0 Å². The Morgan fingerprint density at radius 2 is 2.07 bits per heavy atom. The first-order valence-corrected chi connectivity index (χ1v) is 9.65. The third-order valence-corrected chi connectivity index (χ3v) is 5.90. The fourth-order valence-electron chi connectivity index (χ4n) is 3.25. The molecule has 1 aromatic carbocycles. The van der Waals surface area contributed by atoms with E-state index in [0.717, 1.165) is 31.7 Å². The van der Waals surface area contributed by atoms with Crippen LogP contribution in [0.4, 0.5) is 0 Å². The predicted molar refractivity (Wildman–Crippen MR) is 108 cm³/mol. The lowest BCUT2D eigenvalue weighted by Crippen LogP contribution is -2.28. The fraction of sp³-hybridized carbons (Fsp3) is 0.250. The van der Waals surface area contributed by atoms with Crippen LogP contribution in [0.3, 0.4) is 0 Å². The Bertz CT molecular complexity index is 1200. The van der Waals surface area contributed by atoms with E-state index in [2.05, 4.69) is 20.3 Å². The molecule has 1 amide bonds. The second kappa shape index (κ2) is 7.00. The molecule has 0 radical (unpaired) electrons. The summed E-state index contributed by atoms with van der Waals surface area (Å²) in [4.78, 5) is 37.0. The van der Waals surface area contributed by atoms with Crippen LogP contribution >= 0.6 is 11.3 Å². The lowest BCUT2D eigenvalue weighted by atomic mass is 10.1. The highest BCUT2D eigenvalue weighted by molar-refractivity contribution is 7.18. The second-order valence-corrected chi connectivity index (χ2v) is 7.82. The van der Waals surface area contributed by atoms with Crippen molar-refractivity contribution in [1.82, 2.24) is 20.3 Å². The summed E-state index contributed by atoms with van der Waals surface area (Å²) >= 11 is 1.53. The first kappa shape index (κ1) is 17.5. The van der Waals surface area contributed by atoms with Crippen molar-refractivity contribution in [2.75, 3.05) is 6.54 Å². The number of benzene rings is 1. The number of rotatable bonds is 5. The molecule has 4 aromatic rings. The number of fused-ring (bicyclic) bond motifs is 2. The summed E-state index contributed by atoms with van der Waals surface area (Å²) in [5.74, 6) is 0.548. The topological polar surface area (TPSA) is 90.6 Å². The maximum atomic E-state index is 12.3. The number of aromatic nitrogens is 3. The molecule has 0 spiro atoms. The predicted octanol–water partition coefficient (Wildman–Crippen LogP) is 2.98. The minimum Gasteiger partial charge on any atom is -0.361 e. The van der Waals surface area contributed by atoms with E-state index in [-0.39, 0.29) is 11.5 Å². The van der Waals surface area contributed by atoms with Gasteiger partial charge in [-0.2, -0.15) is 0 Å². The zero-order valence-corrected chi connectivity index (χ0v) is 16.0. The Labute approximate surface area is 159 Å². The van der Waals surface area contributed by atoms with Gasteiger partial charge in [-0.15, -0.1) is 11.3 Å². The number of H-pyrrole nitrogens is 2. The van der Waals surface area contributed by atoms with Gasteiger partial charge in [0.15, 0.2) is 0 Å². The average Bonchev–Trinajstić information content (AvgIpc) is 3.16. The van der Waals surface area contributed by atoms with Crippen molar-refractivity contribution in [2.45, 2.75) is 26.7 Å². The van der Waals surface area contributed by atoms with E-state index in [1.807, 2.05) is 44.3 Å². The molecule has 0 saturated carbocycles. The summed E-state index contributed by atoms with van der Waals surface area (Å²) in [6, 6.07) is 7.92. The minimum atomic E-state index is -0.109. The van der Waals surface area contributed by atoms with Crippen molar-refractivity contribution < 1.29 is 4.79 Å². The number of nitrogens with one attached hydrogen (secondary N) is 3. The first-order valence-electron chi connectivity index (χ1n) is 8.83. The lowest BCUT2D eigenvalue weighted by Gasteiger charge is -2.05. The van der Waals surface area contributed by atoms with E-state index in [9.17, 15) is 9.59 Å². The first-order chi connectivity index (χ1) is 13.0. The zero-order chi connectivity index (χ0) is 19.0. The van der Waals surface area contributed by atoms with Gasteiger partial charge in [0.05, 0.1) is 11.8 Å². The molecule has 7 heteroatoms. The molecule has 3 aromatic heterocycles. The van der Waals surface area contributed by atoms with E-state index in [4.69, 9.17) is 0 Å². The molecule has 0 aliphatic heterocycles. The summed E-state index contributed by atoms with van der Waals surface area (Å²) < 4.78 is 0. The highest BCUT2D eigenvalue weighted by Gasteiger charge is 2.12. The number of carbonyl (C=O) groups excluding carboxylic acids is 1. The van der Waals surface area contributed by atoms with E-state index < -0.39 is 0 Å². The quantitative estimate of drug-likeness (QED) is 0.497. The highest BCUT2D eigenvalue weighted by Crippen LogP contribution is 2.25. The molecule has 0 unspecified atom stereocenters. The van der Waals surface area contributed by atoms with Gasteiger partial charge in [-0.1, -0.05) is 18.2 Å². The minimum absolute atomic E-state index is 0.0500. The second-order valence-electron chi connectivity index (χ2n) is 6.61. The number of hydrogen-bond donors (Lipinski definition) is 3. The molecule has 4 rings (SSSR count). The maximum Gasteiger partial charge on any atom is 0.259 e.